The molecule has 0 aromatic heterocycles. The van der Waals surface area contributed by atoms with Gasteiger partial charge in [-0.15, -0.1) is 12.4 Å². The Labute approximate surface area is 144 Å². The molecule has 1 aromatic rings. The largest absolute Gasteiger partial charge is 0.480 e. The van der Waals surface area contributed by atoms with Crippen molar-refractivity contribution in [2.75, 3.05) is 0 Å². The number of rotatable bonds is 8. The maximum absolute atomic E-state index is 12.2. The molecule has 5 nitrogen and oxygen atoms in total. The lowest BCUT2D eigenvalue weighted by atomic mass is 10.0. The van der Waals surface area contributed by atoms with Crippen molar-refractivity contribution in [1.82, 2.24) is 10.6 Å². The van der Waals surface area contributed by atoms with E-state index in [1.54, 1.807) is 6.92 Å². The molecule has 1 amide bonds. The van der Waals surface area contributed by atoms with Crippen LogP contribution < -0.4 is 10.6 Å². The van der Waals surface area contributed by atoms with Gasteiger partial charge in [0.15, 0.2) is 0 Å². The Balaban J connectivity index is 0.00000484. The van der Waals surface area contributed by atoms with Crippen molar-refractivity contribution in [3.8, 4) is 0 Å². The van der Waals surface area contributed by atoms with E-state index in [-0.39, 0.29) is 24.4 Å². The van der Waals surface area contributed by atoms with Gasteiger partial charge in [0, 0.05) is 0 Å². The van der Waals surface area contributed by atoms with E-state index in [1.807, 2.05) is 45.0 Å². The molecule has 0 saturated heterocycles. The van der Waals surface area contributed by atoms with Crippen LogP contribution in [0.25, 0.3) is 0 Å². The number of carbonyl (C=O) groups is 2. The van der Waals surface area contributed by atoms with Gasteiger partial charge in [-0.25, -0.2) is 0 Å². The highest BCUT2D eigenvalue weighted by Gasteiger charge is 2.23. The molecule has 0 aliphatic carbocycles. The minimum Gasteiger partial charge on any atom is -0.480 e. The zero-order valence-electron chi connectivity index (χ0n) is 14.1. The molecule has 0 fully saturated rings. The van der Waals surface area contributed by atoms with Crippen LogP contribution in [0, 0.1) is 6.92 Å². The van der Waals surface area contributed by atoms with Gasteiger partial charge in [0.25, 0.3) is 0 Å². The molecule has 0 saturated carbocycles. The number of benzene rings is 1. The van der Waals surface area contributed by atoms with Crippen LogP contribution in [-0.2, 0) is 9.59 Å². The van der Waals surface area contributed by atoms with Crippen LogP contribution in [0.3, 0.4) is 0 Å². The lowest BCUT2D eigenvalue weighted by Gasteiger charge is -2.22. The van der Waals surface area contributed by atoms with Gasteiger partial charge in [0.05, 0.1) is 12.1 Å². The average Bonchev–Trinajstić information content (AvgIpc) is 2.46. The summed E-state index contributed by atoms with van der Waals surface area (Å²) in [6, 6.07) is 6.51. The van der Waals surface area contributed by atoms with E-state index in [2.05, 4.69) is 10.6 Å². The standard InChI is InChI=1S/C17H26N2O3.ClH/c1-5-8-15(17(21)22)18-13(4)16(20)19-12(3)14-10-7-6-9-11(14)2;/h6-7,9-10,12-13,15,18H,5,8H2,1-4H3,(H,19,20)(H,21,22);1H. The van der Waals surface area contributed by atoms with Gasteiger partial charge in [0.1, 0.15) is 6.04 Å². The summed E-state index contributed by atoms with van der Waals surface area (Å²) in [5.41, 5.74) is 2.18. The maximum atomic E-state index is 12.2. The lowest BCUT2D eigenvalue weighted by Crippen LogP contribution is -2.49. The van der Waals surface area contributed by atoms with Crippen molar-refractivity contribution in [1.29, 1.82) is 0 Å². The Morgan fingerprint density at radius 2 is 1.83 bits per heavy atom. The number of carbonyl (C=O) groups excluding carboxylic acids is 1. The Hall–Kier alpha value is -1.59. The number of amides is 1. The highest BCUT2D eigenvalue weighted by atomic mass is 35.5. The van der Waals surface area contributed by atoms with Gasteiger partial charge in [-0.1, -0.05) is 37.6 Å². The summed E-state index contributed by atoms with van der Waals surface area (Å²) in [5.74, 6) is -1.12. The van der Waals surface area contributed by atoms with Gasteiger partial charge in [-0.2, -0.15) is 0 Å². The summed E-state index contributed by atoms with van der Waals surface area (Å²) in [4.78, 5) is 23.4. The molecule has 0 radical (unpaired) electrons. The summed E-state index contributed by atoms with van der Waals surface area (Å²) in [7, 11) is 0. The van der Waals surface area contributed by atoms with Crippen LogP contribution >= 0.6 is 12.4 Å². The van der Waals surface area contributed by atoms with Crippen LogP contribution in [0.1, 0.15) is 50.8 Å². The summed E-state index contributed by atoms with van der Waals surface area (Å²) in [6.07, 6.45) is 1.25. The molecule has 130 valence electrons. The van der Waals surface area contributed by atoms with Crippen LogP contribution in [-0.4, -0.2) is 29.1 Å². The van der Waals surface area contributed by atoms with Crippen LogP contribution in [0.2, 0.25) is 0 Å². The Morgan fingerprint density at radius 1 is 1.22 bits per heavy atom. The molecule has 0 bridgehead atoms. The molecule has 0 spiro atoms. The Kier molecular flexibility index (Phi) is 9.53. The first-order valence-corrected chi connectivity index (χ1v) is 7.71. The van der Waals surface area contributed by atoms with Crippen molar-refractivity contribution in [3.05, 3.63) is 35.4 Å². The van der Waals surface area contributed by atoms with Crippen molar-refractivity contribution in [3.63, 3.8) is 0 Å². The molecule has 6 heteroatoms. The first-order chi connectivity index (χ1) is 10.4. The molecule has 0 aliphatic heterocycles. The van der Waals surface area contributed by atoms with Crippen molar-refractivity contribution >= 4 is 24.3 Å². The monoisotopic (exact) mass is 342 g/mol. The topological polar surface area (TPSA) is 78.4 Å². The summed E-state index contributed by atoms with van der Waals surface area (Å²) in [5, 5.41) is 14.9. The normalized spacial score (nSPS) is 14.3. The minimum atomic E-state index is -0.923. The van der Waals surface area contributed by atoms with Crippen molar-refractivity contribution in [2.24, 2.45) is 0 Å². The molecule has 0 heterocycles. The Morgan fingerprint density at radius 3 is 2.35 bits per heavy atom. The molecular weight excluding hydrogens is 316 g/mol. The first-order valence-electron chi connectivity index (χ1n) is 7.71. The molecule has 23 heavy (non-hydrogen) atoms. The smallest absolute Gasteiger partial charge is 0.320 e. The van der Waals surface area contributed by atoms with E-state index in [4.69, 9.17) is 5.11 Å². The second kappa shape index (κ2) is 10.2. The predicted octanol–water partition coefficient (Wildman–Crippen LogP) is 2.83. The number of aryl methyl sites for hydroxylation is 1. The van der Waals surface area contributed by atoms with E-state index in [9.17, 15) is 9.59 Å². The second-order valence-corrected chi connectivity index (χ2v) is 5.65. The third-order valence-corrected chi connectivity index (χ3v) is 3.73. The van der Waals surface area contributed by atoms with E-state index in [1.165, 1.54) is 0 Å². The number of carboxylic acid groups (broad SMARTS) is 1. The van der Waals surface area contributed by atoms with E-state index < -0.39 is 18.1 Å². The quantitative estimate of drug-likeness (QED) is 0.678. The highest BCUT2D eigenvalue weighted by molar-refractivity contribution is 5.85. The van der Waals surface area contributed by atoms with Crippen molar-refractivity contribution < 1.29 is 14.7 Å². The Bertz CT molecular complexity index is 522. The molecule has 3 atom stereocenters. The average molecular weight is 343 g/mol. The third-order valence-electron chi connectivity index (χ3n) is 3.73. The van der Waals surface area contributed by atoms with Gasteiger partial charge >= 0.3 is 5.97 Å². The summed E-state index contributed by atoms with van der Waals surface area (Å²) >= 11 is 0. The zero-order chi connectivity index (χ0) is 16.7. The molecule has 0 aliphatic rings. The molecular formula is C17H27ClN2O3. The number of aliphatic carboxylic acids is 1. The predicted molar refractivity (Wildman–Crippen MR) is 93.9 cm³/mol. The van der Waals surface area contributed by atoms with Crippen LogP contribution in [0.4, 0.5) is 0 Å². The number of nitrogens with one attached hydrogen (secondary N) is 2. The van der Waals surface area contributed by atoms with E-state index >= 15 is 0 Å². The van der Waals surface area contributed by atoms with Gasteiger partial charge in [0.2, 0.25) is 5.91 Å². The fraction of sp³-hybridized carbons (Fsp3) is 0.529. The SMILES string of the molecule is CCCC(NC(C)C(=O)NC(C)c1ccccc1C)C(=O)O.Cl. The van der Waals surface area contributed by atoms with Crippen LogP contribution in [0.15, 0.2) is 24.3 Å². The third kappa shape index (κ3) is 6.59. The molecule has 1 rings (SSSR count). The van der Waals surface area contributed by atoms with Crippen LogP contribution in [0.5, 0.6) is 0 Å². The van der Waals surface area contributed by atoms with E-state index in [0.29, 0.717) is 6.42 Å². The lowest BCUT2D eigenvalue weighted by molar-refractivity contribution is -0.140. The number of halogens is 1. The maximum Gasteiger partial charge on any atom is 0.320 e. The van der Waals surface area contributed by atoms with Gasteiger partial charge in [-0.05, 0) is 38.3 Å². The molecule has 3 N–H and O–H groups in total. The number of carboxylic acids is 1. The minimum absolute atomic E-state index is 0. The highest BCUT2D eigenvalue weighted by Crippen LogP contribution is 2.16. The summed E-state index contributed by atoms with van der Waals surface area (Å²) < 4.78 is 0. The van der Waals surface area contributed by atoms with E-state index in [0.717, 1.165) is 17.5 Å². The van der Waals surface area contributed by atoms with Gasteiger partial charge < -0.3 is 10.4 Å². The molecule has 1 aromatic carbocycles. The van der Waals surface area contributed by atoms with Crippen molar-refractivity contribution in [2.45, 2.75) is 58.7 Å². The first kappa shape index (κ1) is 21.4. The number of hydrogen-bond acceptors (Lipinski definition) is 3. The fourth-order valence-corrected chi connectivity index (χ4v) is 2.43. The number of hydrogen-bond donors (Lipinski definition) is 3. The fourth-order valence-electron chi connectivity index (χ4n) is 2.43. The van der Waals surface area contributed by atoms with Gasteiger partial charge in [-0.3, -0.25) is 14.9 Å². The second-order valence-electron chi connectivity index (χ2n) is 5.65. The molecule has 3 unspecified atom stereocenters. The zero-order valence-corrected chi connectivity index (χ0v) is 14.9. The summed E-state index contributed by atoms with van der Waals surface area (Å²) in [6.45, 7) is 7.53.